The third kappa shape index (κ3) is 3.95. The highest BCUT2D eigenvalue weighted by Gasteiger charge is 2.20. The highest BCUT2D eigenvalue weighted by atomic mass is 16.4. The monoisotopic (exact) mass is 292 g/mol. The molecule has 1 atom stereocenters. The fourth-order valence-corrected chi connectivity index (χ4v) is 2.60. The number of benzene rings is 1. The summed E-state index contributed by atoms with van der Waals surface area (Å²) in [7, 11) is 0. The molecule has 1 aromatic rings. The molecule has 2 rings (SSSR count). The lowest BCUT2D eigenvalue weighted by atomic mass is 9.90. The van der Waals surface area contributed by atoms with Crippen LogP contribution in [0.3, 0.4) is 0 Å². The Morgan fingerprint density at radius 2 is 2.00 bits per heavy atom. The highest BCUT2D eigenvalue weighted by Crippen LogP contribution is 2.27. The Balaban J connectivity index is 2.04. The van der Waals surface area contributed by atoms with Gasteiger partial charge in [-0.15, -0.1) is 0 Å². The van der Waals surface area contributed by atoms with Crippen molar-refractivity contribution in [2.45, 2.75) is 38.1 Å². The molecule has 6 heteroatoms. The van der Waals surface area contributed by atoms with Gasteiger partial charge in [-0.3, -0.25) is 0 Å². The fraction of sp³-hybridized carbons (Fsp3) is 0.467. The van der Waals surface area contributed by atoms with Crippen LogP contribution in [0.5, 0.6) is 0 Å². The second-order valence-corrected chi connectivity index (χ2v) is 5.15. The van der Waals surface area contributed by atoms with E-state index in [0.717, 1.165) is 36.9 Å². The normalized spacial score (nSPS) is 14.9. The number of aliphatic carboxylic acids is 1. The van der Waals surface area contributed by atoms with E-state index in [1.54, 1.807) is 0 Å². The molecule has 4 N–H and O–H groups in total. The van der Waals surface area contributed by atoms with Crippen LogP contribution in [0.15, 0.2) is 18.2 Å². The van der Waals surface area contributed by atoms with Crippen LogP contribution in [0.4, 0.5) is 10.5 Å². The van der Waals surface area contributed by atoms with Gasteiger partial charge in [0.2, 0.25) is 0 Å². The standard InChI is InChI=1S/C15H20N2O4/c18-9-8-13(14(19)20)17-15(21)16-12-7-3-5-10-4-1-2-6-11(10)12/h3,5,7,13,18H,1-2,4,6,8-9H2,(H,19,20)(H2,16,17,21)/t13-/m0/s1. The van der Waals surface area contributed by atoms with Gasteiger partial charge in [-0.2, -0.15) is 0 Å². The molecule has 0 bridgehead atoms. The zero-order valence-corrected chi connectivity index (χ0v) is 11.8. The predicted octanol–water partition coefficient (Wildman–Crippen LogP) is 1.52. The van der Waals surface area contributed by atoms with Gasteiger partial charge >= 0.3 is 12.0 Å². The third-order valence-electron chi connectivity index (χ3n) is 3.67. The molecule has 1 aliphatic rings. The lowest BCUT2D eigenvalue weighted by Crippen LogP contribution is -2.43. The Hall–Kier alpha value is -2.08. The van der Waals surface area contributed by atoms with Crippen LogP contribution in [0.25, 0.3) is 0 Å². The molecule has 0 unspecified atom stereocenters. The molecule has 0 saturated heterocycles. The van der Waals surface area contributed by atoms with E-state index in [2.05, 4.69) is 16.7 Å². The number of hydrogen-bond donors (Lipinski definition) is 4. The number of carbonyl (C=O) groups is 2. The summed E-state index contributed by atoms with van der Waals surface area (Å²) in [4.78, 5) is 22.9. The van der Waals surface area contributed by atoms with Gasteiger partial charge in [0.15, 0.2) is 0 Å². The van der Waals surface area contributed by atoms with Crippen LogP contribution in [0.1, 0.15) is 30.4 Å². The van der Waals surface area contributed by atoms with Crippen molar-refractivity contribution in [3.63, 3.8) is 0 Å². The minimum atomic E-state index is -1.16. The van der Waals surface area contributed by atoms with E-state index in [-0.39, 0.29) is 13.0 Å². The van der Waals surface area contributed by atoms with Gasteiger partial charge in [-0.1, -0.05) is 12.1 Å². The van der Waals surface area contributed by atoms with Crippen molar-refractivity contribution < 1.29 is 19.8 Å². The van der Waals surface area contributed by atoms with E-state index < -0.39 is 18.0 Å². The molecule has 1 aromatic carbocycles. The summed E-state index contributed by atoms with van der Waals surface area (Å²) in [6.07, 6.45) is 4.16. The number of fused-ring (bicyclic) bond motifs is 1. The maximum absolute atomic E-state index is 11.9. The van der Waals surface area contributed by atoms with Crippen LogP contribution in [-0.4, -0.2) is 34.9 Å². The first-order valence-electron chi connectivity index (χ1n) is 7.13. The summed E-state index contributed by atoms with van der Waals surface area (Å²) in [6, 6.07) is 4.13. The van der Waals surface area contributed by atoms with Crippen LogP contribution < -0.4 is 10.6 Å². The Bertz CT molecular complexity index is 530. The van der Waals surface area contributed by atoms with Gasteiger partial charge in [-0.25, -0.2) is 9.59 Å². The molecule has 0 radical (unpaired) electrons. The average Bonchev–Trinajstić information content (AvgIpc) is 2.47. The molecule has 6 nitrogen and oxygen atoms in total. The molecule has 0 heterocycles. The van der Waals surface area contributed by atoms with Gasteiger partial charge in [0.25, 0.3) is 0 Å². The summed E-state index contributed by atoms with van der Waals surface area (Å²) in [5.41, 5.74) is 3.11. The van der Waals surface area contributed by atoms with Gasteiger partial charge in [0.1, 0.15) is 6.04 Å². The number of aliphatic hydroxyl groups excluding tert-OH is 1. The highest BCUT2D eigenvalue weighted by molar-refractivity contribution is 5.93. The molecule has 1 aliphatic carbocycles. The van der Waals surface area contributed by atoms with Crippen molar-refractivity contribution >= 4 is 17.7 Å². The molecule has 0 spiro atoms. The van der Waals surface area contributed by atoms with Crippen molar-refractivity contribution in [3.8, 4) is 0 Å². The first-order chi connectivity index (χ1) is 10.1. The van der Waals surface area contributed by atoms with E-state index in [1.165, 1.54) is 5.56 Å². The van der Waals surface area contributed by atoms with Crippen molar-refractivity contribution in [1.82, 2.24) is 5.32 Å². The van der Waals surface area contributed by atoms with Crippen molar-refractivity contribution in [1.29, 1.82) is 0 Å². The van der Waals surface area contributed by atoms with Crippen molar-refractivity contribution in [2.75, 3.05) is 11.9 Å². The number of urea groups is 1. The number of nitrogens with one attached hydrogen (secondary N) is 2. The quantitative estimate of drug-likeness (QED) is 0.661. The van der Waals surface area contributed by atoms with Crippen LogP contribution in [0, 0.1) is 0 Å². The third-order valence-corrected chi connectivity index (χ3v) is 3.67. The number of amides is 2. The maximum atomic E-state index is 11.9. The second-order valence-electron chi connectivity index (χ2n) is 5.15. The molecule has 2 amide bonds. The van der Waals surface area contributed by atoms with Crippen LogP contribution in [-0.2, 0) is 17.6 Å². The van der Waals surface area contributed by atoms with Gasteiger partial charge in [-0.05, 0) is 42.9 Å². The summed E-state index contributed by atoms with van der Waals surface area (Å²) in [6.45, 7) is -0.294. The van der Waals surface area contributed by atoms with Crippen molar-refractivity contribution in [3.05, 3.63) is 29.3 Å². The number of carbonyl (C=O) groups excluding carboxylic acids is 1. The van der Waals surface area contributed by atoms with E-state index in [1.807, 2.05) is 12.1 Å². The Kier molecular flexibility index (Phi) is 5.16. The smallest absolute Gasteiger partial charge is 0.326 e. The molecule has 0 aromatic heterocycles. The molecular formula is C15H20N2O4. The second kappa shape index (κ2) is 7.08. The molecular weight excluding hydrogens is 272 g/mol. The summed E-state index contributed by atoms with van der Waals surface area (Å²) in [5, 5.41) is 22.9. The molecule has 0 fully saturated rings. The van der Waals surface area contributed by atoms with Gasteiger partial charge < -0.3 is 20.8 Å². The Labute approximate surface area is 123 Å². The van der Waals surface area contributed by atoms with Crippen LogP contribution in [0.2, 0.25) is 0 Å². The Morgan fingerprint density at radius 3 is 2.71 bits per heavy atom. The maximum Gasteiger partial charge on any atom is 0.326 e. The first-order valence-corrected chi connectivity index (χ1v) is 7.13. The molecule has 0 aliphatic heterocycles. The number of carboxylic acids is 1. The van der Waals surface area contributed by atoms with Crippen LogP contribution >= 0.6 is 0 Å². The lowest BCUT2D eigenvalue weighted by molar-refractivity contribution is -0.139. The predicted molar refractivity (Wildman–Crippen MR) is 78.4 cm³/mol. The molecule has 114 valence electrons. The molecule has 21 heavy (non-hydrogen) atoms. The fourth-order valence-electron chi connectivity index (χ4n) is 2.60. The zero-order valence-electron chi connectivity index (χ0n) is 11.8. The largest absolute Gasteiger partial charge is 0.480 e. The SMILES string of the molecule is O=C(Nc1cccc2c1CCCC2)N[C@@H](CCO)C(=O)O. The first kappa shape index (κ1) is 15.3. The van der Waals surface area contributed by atoms with Gasteiger partial charge in [0, 0.05) is 18.7 Å². The number of anilines is 1. The van der Waals surface area contributed by atoms with Gasteiger partial charge in [0.05, 0.1) is 0 Å². The number of hydrogen-bond acceptors (Lipinski definition) is 3. The van der Waals surface area contributed by atoms with E-state index in [0.29, 0.717) is 0 Å². The number of carboxylic acid groups (broad SMARTS) is 1. The Morgan fingerprint density at radius 1 is 1.24 bits per heavy atom. The number of aliphatic hydroxyl groups is 1. The number of aryl methyl sites for hydroxylation is 1. The lowest BCUT2D eigenvalue weighted by Gasteiger charge is -2.20. The minimum absolute atomic E-state index is 0.0182. The zero-order chi connectivity index (χ0) is 15.2. The van der Waals surface area contributed by atoms with Crippen molar-refractivity contribution in [2.24, 2.45) is 0 Å². The number of rotatable bonds is 5. The summed E-state index contributed by atoms with van der Waals surface area (Å²) in [5.74, 6) is -1.16. The summed E-state index contributed by atoms with van der Waals surface area (Å²) >= 11 is 0. The average molecular weight is 292 g/mol. The van der Waals surface area contributed by atoms with E-state index >= 15 is 0 Å². The van der Waals surface area contributed by atoms with E-state index in [9.17, 15) is 9.59 Å². The minimum Gasteiger partial charge on any atom is -0.480 e. The molecule has 0 saturated carbocycles. The summed E-state index contributed by atoms with van der Waals surface area (Å²) < 4.78 is 0. The van der Waals surface area contributed by atoms with E-state index in [4.69, 9.17) is 10.2 Å². The topological polar surface area (TPSA) is 98.7 Å².